The van der Waals surface area contributed by atoms with Crippen molar-refractivity contribution in [1.29, 1.82) is 0 Å². The smallest absolute Gasteiger partial charge is 0.334 e. The monoisotopic (exact) mass is 400 g/mol. The highest BCUT2D eigenvalue weighted by atomic mass is 32.2. The number of thiophene rings is 1. The van der Waals surface area contributed by atoms with Gasteiger partial charge in [0.1, 0.15) is 6.17 Å². The number of urea groups is 1. The zero-order valence-electron chi connectivity index (χ0n) is 14.5. The largest absolute Gasteiger partial charge is 0.363 e. The number of carbonyl (C=O) groups is 1. The summed E-state index contributed by atoms with van der Waals surface area (Å²) in [4.78, 5) is 13.2. The van der Waals surface area contributed by atoms with E-state index in [1.54, 1.807) is 13.2 Å². The second-order valence-electron chi connectivity index (χ2n) is 5.81. The number of amides is 2. The second kappa shape index (κ2) is 7.23. The third kappa shape index (κ3) is 3.82. The molecule has 1 aliphatic rings. The van der Waals surface area contributed by atoms with Crippen molar-refractivity contribution in [1.82, 2.24) is 19.8 Å². The highest BCUT2D eigenvalue weighted by molar-refractivity contribution is 7.91. The van der Waals surface area contributed by atoms with Crippen molar-refractivity contribution in [3.8, 4) is 0 Å². The molecule has 1 fully saturated rings. The Morgan fingerprint density at radius 3 is 2.81 bits per heavy atom. The Labute approximate surface area is 155 Å². The van der Waals surface area contributed by atoms with Crippen LogP contribution >= 0.6 is 11.3 Å². The van der Waals surface area contributed by atoms with Crippen molar-refractivity contribution in [3.63, 3.8) is 0 Å². The fraction of sp³-hybridized carbons (Fsp3) is 0.429. The average Bonchev–Trinajstić information content (AvgIpc) is 3.27. The van der Waals surface area contributed by atoms with Crippen LogP contribution in [0.5, 0.6) is 0 Å². The molecule has 12 heteroatoms. The molecular formula is C14H20N6O4S2. The second-order valence-corrected chi connectivity index (χ2v) is 8.45. The summed E-state index contributed by atoms with van der Waals surface area (Å²) in [5, 5.41) is 11.4. The van der Waals surface area contributed by atoms with Gasteiger partial charge in [-0.25, -0.2) is 13.8 Å². The molecule has 10 nitrogen and oxygen atoms in total. The van der Waals surface area contributed by atoms with Gasteiger partial charge < -0.3 is 10.1 Å². The molecule has 1 aliphatic heterocycles. The number of anilines is 2. The fourth-order valence-electron chi connectivity index (χ4n) is 2.61. The highest BCUT2D eigenvalue weighted by Crippen LogP contribution is 2.26. The molecule has 2 amide bonds. The highest BCUT2D eigenvalue weighted by Gasteiger charge is 2.35. The van der Waals surface area contributed by atoms with Crippen molar-refractivity contribution < 1.29 is 17.9 Å². The molecule has 3 N–H and O–H groups in total. The van der Waals surface area contributed by atoms with Gasteiger partial charge in [0.25, 0.3) is 0 Å². The Balaban J connectivity index is 1.82. The fourth-order valence-corrected chi connectivity index (χ4v) is 4.63. The molecule has 3 heterocycles. The number of aromatic nitrogens is 2. The lowest BCUT2D eigenvalue weighted by Gasteiger charge is -2.27. The van der Waals surface area contributed by atoms with E-state index < -0.39 is 22.4 Å². The predicted molar refractivity (Wildman–Crippen MR) is 98.3 cm³/mol. The van der Waals surface area contributed by atoms with E-state index >= 15 is 0 Å². The summed E-state index contributed by atoms with van der Waals surface area (Å²) in [7, 11) is -2.52. The summed E-state index contributed by atoms with van der Waals surface area (Å²) in [5.41, 5.74) is 1.80. The van der Waals surface area contributed by atoms with E-state index in [4.69, 9.17) is 4.74 Å². The summed E-state index contributed by atoms with van der Waals surface area (Å²) in [5.74, 6) is 0. The van der Waals surface area contributed by atoms with E-state index in [-0.39, 0.29) is 13.3 Å². The van der Waals surface area contributed by atoms with Crippen molar-refractivity contribution in [3.05, 3.63) is 28.2 Å². The van der Waals surface area contributed by atoms with Gasteiger partial charge >= 0.3 is 16.2 Å². The molecule has 142 valence electrons. The number of aryl methyl sites for hydroxylation is 3. The molecule has 0 saturated carbocycles. The number of nitrogens with zero attached hydrogens (tertiary/aromatic N) is 3. The minimum absolute atomic E-state index is 0.153. The van der Waals surface area contributed by atoms with Crippen LogP contribution in [0.25, 0.3) is 0 Å². The first kappa shape index (κ1) is 18.6. The van der Waals surface area contributed by atoms with Gasteiger partial charge in [-0.1, -0.05) is 0 Å². The lowest BCUT2D eigenvalue weighted by atomic mass is 10.3. The summed E-state index contributed by atoms with van der Waals surface area (Å²) >= 11 is 1.48. The summed E-state index contributed by atoms with van der Waals surface area (Å²) in [6, 6.07) is -0.831. The predicted octanol–water partition coefficient (Wildman–Crippen LogP) is 0.875. The molecular weight excluding hydrogens is 380 g/mol. The third-order valence-corrected chi connectivity index (χ3v) is 6.26. The number of ether oxygens (including phenoxy) is 1. The molecule has 0 bridgehead atoms. The van der Waals surface area contributed by atoms with Gasteiger partial charge in [0.05, 0.1) is 30.9 Å². The van der Waals surface area contributed by atoms with E-state index in [2.05, 4.69) is 20.5 Å². The van der Waals surface area contributed by atoms with Gasteiger partial charge in [0.15, 0.2) is 0 Å². The average molecular weight is 400 g/mol. The van der Waals surface area contributed by atoms with Crippen LogP contribution in [-0.4, -0.2) is 43.7 Å². The summed E-state index contributed by atoms with van der Waals surface area (Å²) in [6.07, 6.45) is 2.31. The Kier molecular flexibility index (Phi) is 5.18. The van der Waals surface area contributed by atoms with Gasteiger partial charge in [-0.05, 0) is 24.8 Å². The van der Waals surface area contributed by atoms with E-state index in [1.165, 1.54) is 22.2 Å². The van der Waals surface area contributed by atoms with Crippen LogP contribution in [-0.2, 0) is 22.0 Å². The summed E-state index contributed by atoms with van der Waals surface area (Å²) < 4.78 is 35.5. The van der Waals surface area contributed by atoms with Crippen LogP contribution in [0.1, 0.15) is 10.4 Å². The van der Waals surface area contributed by atoms with E-state index in [0.717, 1.165) is 14.7 Å². The number of hydrogen-bond donors (Lipinski definition) is 3. The van der Waals surface area contributed by atoms with Crippen LogP contribution < -0.4 is 19.7 Å². The number of carbonyl (C=O) groups excluding carboxylic acids is 1. The minimum atomic E-state index is -4.19. The molecule has 2 aromatic heterocycles. The zero-order chi connectivity index (χ0) is 18.9. The molecule has 0 radical (unpaired) electrons. The van der Waals surface area contributed by atoms with Crippen molar-refractivity contribution in [2.24, 2.45) is 7.05 Å². The lowest BCUT2D eigenvalue weighted by molar-refractivity contribution is 0.190. The van der Waals surface area contributed by atoms with Crippen LogP contribution in [0, 0.1) is 13.8 Å². The number of hydrogen-bond acceptors (Lipinski definition) is 7. The lowest BCUT2D eigenvalue weighted by Crippen LogP contribution is -2.53. The SMILES string of the molecule is Cc1csc(C)c1NC(=O)NS(=O)(=O)N(c1cnn(C)c1)C1COCN1. The topological polar surface area (TPSA) is 118 Å². The van der Waals surface area contributed by atoms with Crippen molar-refractivity contribution in [2.75, 3.05) is 23.0 Å². The van der Waals surface area contributed by atoms with E-state index in [9.17, 15) is 13.2 Å². The van der Waals surface area contributed by atoms with Gasteiger partial charge in [0.2, 0.25) is 0 Å². The van der Waals surface area contributed by atoms with E-state index in [0.29, 0.717) is 11.4 Å². The maximum Gasteiger partial charge on any atom is 0.334 e. The normalized spacial score (nSPS) is 17.3. The first-order chi connectivity index (χ1) is 12.3. The molecule has 0 spiro atoms. The molecule has 0 aromatic carbocycles. The zero-order valence-corrected chi connectivity index (χ0v) is 16.1. The van der Waals surface area contributed by atoms with Crippen molar-refractivity contribution >= 4 is 39.0 Å². The van der Waals surface area contributed by atoms with Crippen molar-refractivity contribution in [2.45, 2.75) is 20.0 Å². The standard InChI is InChI=1S/C14H20N6O4S2/c1-9-7-25-10(2)13(9)17-14(21)18-26(22,23)20(12-6-24-8-15-12)11-4-16-19(3)5-11/h4-5,7,12,15H,6,8H2,1-3H3,(H2,17,18,21). The molecule has 1 saturated heterocycles. The van der Waals surface area contributed by atoms with E-state index in [1.807, 2.05) is 19.2 Å². The molecule has 0 aliphatic carbocycles. The first-order valence-electron chi connectivity index (χ1n) is 7.75. The van der Waals surface area contributed by atoms with Crippen LogP contribution in [0.15, 0.2) is 17.8 Å². The molecule has 2 aromatic rings. The van der Waals surface area contributed by atoms with Gasteiger partial charge in [-0.3, -0.25) is 10.00 Å². The minimum Gasteiger partial charge on any atom is -0.363 e. The van der Waals surface area contributed by atoms with Crippen LogP contribution in [0.4, 0.5) is 16.2 Å². The Bertz CT molecular complexity index is 881. The Morgan fingerprint density at radius 1 is 1.50 bits per heavy atom. The molecule has 1 unspecified atom stereocenters. The number of rotatable bonds is 5. The Hall–Kier alpha value is -2.15. The molecule has 26 heavy (non-hydrogen) atoms. The number of nitrogens with one attached hydrogen (secondary N) is 3. The maximum atomic E-state index is 12.9. The van der Waals surface area contributed by atoms with Gasteiger partial charge in [-0.15, -0.1) is 11.3 Å². The maximum absolute atomic E-state index is 12.9. The Morgan fingerprint density at radius 2 is 2.27 bits per heavy atom. The van der Waals surface area contributed by atoms with Gasteiger partial charge in [0, 0.05) is 18.1 Å². The third-order valence-electron chi connectivity index (χ3n) is 3.80. The molecule has 3 rings (SSSR count). The van der Waals surface area contributed by atoms with Crippen LogP contribution in [0.3, 0.4) is 0 Å². The first-order valence-corrected chi connectivity index (χ1v) is 10.1. The van der Waals surface area contributed by atoms with Gasteiger partial charge in [-0.2, -0.15) is 13.5 Å². The summed E-state index contributed by atoms with van der Waals surface area (Å²) in [6.45, 7) is 4.06. The quantitative estimate of drug-likeness (QED) is 0.686. The molecule has 1 atom stereocenters. The van der Waals surface area contributed by atoms with Crippen LogP contribution in [0.2, 0.25) is 0 Å².